The van der Waals surface area contributed by atoms with Crippen LogP contribution in [0.2, 0.25) is 0 Å². The van der Waals surface area contributed by atoms with Crippen LogP contribution in [0, 0.1) is 34.5 Å². The number of nitrogens with zero attached hydrogens (tertiary/aromatic N) is 1. The Morgan fingerprint density at radius 3 is 2.27 bits per heavy atom. The first kappa shape index (κ1) is 25.5. The van der Waals surface area contributed by atoms with Crippen LogP contribution in [0.4, 0.5) is 0 Å². The molecule has 3 saturated carbocycles. The van der Waals surface area contributed by atoms with Crippen molar-refractivity contribution in [2.24, 2.45) is 34.5 Å². The van der Waals surface area contributed by atoms with E-state index < -0.39 is 0 Å². The van der Waals surface area contributed by atoms with E-state index in [2.05, 4.69) is 31.4 Å². The Kier molecular flexibility index (Phi) is 8.75. The highest BCUT2D eigenvalue weighted by atomic mass is 32.1. The smallest absolute Gasteiger partial charge is 0.309 e. The zero-order valence-electron chi connectivity index (χ0n) is 20.4. The van der Waals surface area contributed by atoms with Gasteiger partial charge in [0.1, 0.15) is 0 Å². The first-order chi connectivity index (χ1) is 14.2. The average Bonchev–Trinajstić information content (AvgIpc) is 3.10. The zero-order valence-corrected chi connectivity index (χ0v) is 21.3. The van der Waals surface area contributed by atoms with Crippen LogP contribution in [0.25, 0.3) is 0 Å². The third-order valence-corrected chi connectivity index (χ3v) is 9.04. The maximum atomic E-state index is 12.3. The van der Waals surface area contributed by atoms with Gasteiger partial charge in [0.15, 0.2) is 0 Å². The summed E-state index contributed by atoms with van der Waals surface area (Å²) in [5.74, 6) is 3.44. The van der Waals surface area contributed by atoms with Crippen LogP contribution in [0.3, 0.4) is 0 Å². The van der Waals surface area contributed by atoms with Gasteiger partial charge in [0.05, 0.1) is 13.0 Å². The van der Waals surface area contributed by atoms with Crippen LogP contribution in [0.15, 0.2) is 0 Å². The third-order valence-electron chi connectivity index (χ3n) is 9.04. The van der Waals surface area contributed by atoms with E-state index in [9.17, 15) is 9.59 Å². The maximum Gasteiger partial charge on any atom is 0.309 e. The van der Waals surface area contributed by atoms with Gasteiger partial charge in [-0.3, -0.25) is 9.59 Å². The van der Waals surface area contributed by atoms with Crippen LogP contribution < -0.4 is 0 Å². The number of esters is 1. The molecule has 1 heterocycles. The summed E-state index contributed by atoms with van der Waals surface area (Å²) in [7, 11) is 3.55. The minimum absolute atomic E-state index is 0.00587. The Labute approximate surface area is 190 Å². The number of hydrogen-bond donors (Lipinski definition) is 1. The Morgan fingerprint density at radius 2 is 1.67 bits per heavy atom. The Bertz CT molecular complexity index is 611. The molecule has 5 heteroatoms. The summed E-state index contributed by atoms with van der Waals surface area (Å²) in [5, 5.41) is 0. The zero-order chi connectivity index (χ0) is 22.7. The van der Waals surface area contributed by atoms with Crippen LogP contribution in [0.5, 0.6) is 0 Å². The van der Waals surface area contributed by atoms with Gasteiger partial charge in [0, 0.05) is 19.5 Å². The van der Waals surface area contributed by atoms with E-state index in [0.29, 0.717) is 30.2 Å². The fourth-order valence-electron chi connectivity index (χ4n) is 7.68. The molecule has 30 heavy (non-hydrogen) atoms. The molecule has 0 bridgehead atoms. The van der Waals surface area contributed by atoms with E-state index in [0.717, 1.165) is 37.4 Å². The molecule has 0 spiro atoms. The predicted octanol–water partition coefficient (Wildman–Crippen LogP) is 5.60. The molecule has 4 nitrogen and oxygen atoms in total. The number of amides is 1. The van der Waals surface area contributed by atoms with Gasteiger partial charge in [0.2, 0.25) is 5.91 Å². The quantitative estimate of drug-likeness (QED) is 0.427. The molecular formula is C25H45NO3S. The Hall–Kier alpha value is -0.710. The second-order valence-electron chi connectivity index (χ2n) is 9.99. The summed E-state index contributed by atoms with van der Waals surface area (Å²) in [6, 6.07) is 0.414. The van der Waals surface area contributed by atoms with Gasteiger partial charge in [-0.15, -0.1) is 0 Å². The van der Waals surface area contributed by atoms with Crippen molar-refractivity contribution in [2.75, 3.05) is 19.9 Å². The SMILES string of the molecule is CC.CCS.COC(=O)[C@H]1CCC2C3CCC4N(C)C(=O)CC[C@]4(C)C3CC[C@@]21C. The molecule has 4 unspecified atom stereocenters. The van der Waals surface area contributed by atoms with Crippen LogP contribution in [-0.4, -0.2) is 42.7 Å². The molecule has 1 saturated heterocycles. The van der Waals surface area contributed by atoms with Crippen LogP contribution >= 0.6 is 12.6 Å². The largest absolute Gasteiger partial charge is 0.469 e. The van der Waals surface area contributed by atoms with E-state index in [4.69, 9.17) is 4.74 Å². The summed E-state index contributed by atoms with van der Waals surface area (Å²) in [6.07, 6.45) is 8.62. The minimum Gasteiger partial charge on any atom is -0.469 e. The molecule has 174 valence electrons. The summed E-state index contributed by atoms with van der Waals surface area (Å²) in [6.45, 7) is 10.8. The van der Waals surface area contributed by atoms with Gasteiger partial charge < -0.3 is 9.64 Å². The molecular weight excluding hydrogens is 394 g/mol. The van der Waals surface area contributed by atoms with Crippen molar-refractivity contribution < 1.29 is 14.3 Å². The van der Waals surface area contributed by atoms with E-state index in [1.54, 1.807) is 0 Å². The molecule has 4 fully saturated rings. The molecule has 0 radical (unpaired) electrons. The van der Waals surface area contributed by atoms with E-state index in [-0.39, 0.29) is 22.7 Å². The highest BCUT2D eigenvalue weighted by molar-refractivity contribution is 7.80. The van der Waals surface area contributed by atoms with Gasteiger partial charge in [-0.25, -0.2) is 0 Å². The first-order valence-corrected chi connectivity index (χ1v) is 12.8. The number of thiol groups is 1. The van der Waals surface area contributed by atoms with Gasteiger partial charge in [-0.1, -0.05) is 34.6 Å². The average molecular weight is 440 g/mol. The van der Waals surface area contributed by atoms with E-state index >= 15 is 0 Å². The molecule has 0 aromatic heterocycles. The number of likely N-dealkylation sites (tertiary alicyclic amines) is 1. The summed E-state index contributed by atoms with van der Waals surface area (Å²) >= 11 is 3.79. The normalized spacial score (nSPS) is 41.8. The Morgan fingerprint density at radius 1 is 1.07 bits per heavy atom. The summed E-state index contributed by atoms with van der Waals surface area (Å²) < 4.78 is 5.13. The minimum atomic E-state index is 0.00587. The molecule has 0 aromatic rings. The van der Waals surface area contributed by atoms with Crippen molar-refractivity contribution in [3.8, 4) is 0 Å². The second-order valence-corrected chi connectivity index (χ2v) is 10.6. The van der Waals surface area contributed by atoms with Crippen molar-refractivity contribution in [1.82, 2.24) is 4.90 Å². The van der Waals surface area contributed by atoms with Gasteiger partial charge >= 0.3 is 5.97 Å². The number of ether oxygens (including phenoxy) is 1. The highest BCUT2D eigenvalue weighted by Gasteiger charge is 2.62. The lowest BCUT2D eigenvalue weighted by Gasteiger charge is -2.61. The van der Waals surface area contributed by atoms with Gasteiger partial charge in [0.25, 0.3) is 0 Å². The maximum absolute atomic E-state index is 12.3. The lowest BCUT2D eigenvalue weighted by molar-refractivity contribution is -0.164. The molecule has 1 amide bonds. The van der Waals surface area contributed by atoms with Crippen molar-refractivity contribution in [3.63, 3.8) is 0 Å². The van der Waals surface area contributed by atoms with Crippen molar-refractivity contribution in [2.45, 2.75) is 92.0 Å². The van der Waals surface area contributed by atoms with E-state index in [1.165, 1.54) is 26.4 Å². The summed E-state index contributed by atoms with van der Waals surface area (Å²) in [5.41, 5.74) is 0.379. The van der Waals surface area contributed by atoms with Gasteiger partial charge in [-0.2, -0.15) is 12.6 Å². The molecule has 1 aliphatic heterocycles. The van der Waals surface area contributed by atoms with Crippen LogP contribution in [-0.2, 0) is 14.3 Å². The number of methoxy groups -OCH3 is 1. The molecule has 7 atom stereocenters. The third kappa shape index (κ3) is 4.17. The van der Waals surface area contributed by atoms with E-state index in [1.807, 2.05) is 27.8 Å². The Balaban J connectivity index is 0.000000590. The highest BCUT2D eigenvalue weighted by Crippen LogP contribution is 2.66. The van der Waals surface area contributed by atoms with Crippen molar-refractivity contribution in [3.05, 3.63) is 0 Å². The molecule has 3 aliphatic carbocycles. The number of fused-ring (bicyclic) bond motifs is 5. The monoisotopic (exact) mass is 439 g/mol. The van der Waals surface area contributed by atoms with Crippen molar-refractivity contribution >= 4 is 24.5 Å². The molecule has 0 aromatic carbocycles. The fourth-order valence-corrected chi connectivity index (χ4v) is 7.68. The van der Waals surface area contributed by atoms with Gasteiger partial charge in [-0.05, 0) is 79.3 Å². The lowest BCUT2D eigenvalue weighted by atomic mass is 9.47. The number of rotatable bonds is 1. The topological polar surface area (TPSA) is 46.6 Å². The standard InChI is InChI=1S/C21H33NO3.C2H6S.C2H6/c1-20-11-9-15-13(14(20)6-7-16(20)19(24)25-4)5-8-17-21(15,2)12-10-18(23)22(17)3;1-2-3;1-2/h13-17H,5-12H2,1-4H3;3H,2H2,1H3;1-2H3/t13?,14?,15?,16-,17?,20+,21-;;/m1../s1. The number of piperidine rings is 1. The summed E-state index contributed by atoms with van der Waals surface area (Å²) in [4.78, 5) is 26.6. The molecule has 4 aliphatic rings. The number of carbonyl (C=O) groups excluding carboxylic acids is 2. The van der Waals surface area contributed by atoms with Crippen LogP contribution in [0.1, 0.15) is 86.0 Å². The first-order valence-electron chi connectivity index (χ1n) is 12.2. The molecule has 4 rings (SSSR count). The lowest BCUT2D eigenvalue weighted by Crippen LogP contribution is -2.61. The fraction of sp³-hybridized carbons (Fsp3) is 0.920. The van der Waals surface area contributed by atoms with Crippen molar-refractivity contribution in [1.29, 1.82) is 0 Å². The molecule has 0 N–H and O–H groups in total. The number of hydrogen-bond acceptors (Lipinski definition) is 4. The second kappa shape index (κ2) is 10.3. The number of carbonyl (C=O) groups is 2. The predicted molar refractivity (Wildman–Crippen MR) is 127 cm³/mol.